The zero-order chi connectivity index (χ0) is 18.2. The Bertz CT molecular complexity index is 728. The molecular formula is C19H20BrNO4. The molecule has 0 fully saturated rings. The second kappa shape index (κ2) is 9.34. The molecule has 0 atom stereocenters. The van der Waals surface area contributed by atoms with E-state index in [-0.39, 0.29) is 12.7 Å². The van der Waals surface area contributed by atoms with Crippen LogP contribution in [0.15, 0.2) is 53.0 Å². The molecule has 2 aromatic carbocycles. The fourth-order valence-electron chi connectivity index (χ4n) is 1.98. The highest BCUT2D eigenvalue weighted by Crippen LogP contribution is 2.15. The monoisotopic (exact) mass is 405 g/mol. The van der Waals surface area contributed by atoms with E-state index in [0.29, 0.717) is 17.9 Å². The van der Waals surface area contributed by atoms with Crippen molar-refractivity contribution in [3.8, 4) is 0 Å². The zero-order valence-electron chi connectivity index (χ0n) is 14.1. The molecule has 0 spiro atoms. The molecule has 25 heavy (non-hydrogen) atoms. The van der Waals surface area contributed by atoms with E-state index in [1.165, 1.54) is 0 Å². The Hall–Kier alpha value is -2.18. The minimum absolute atomic E-state index is 0.147. The lowest BCUT2D eigenvalue weighted by molar-refractivity contribution is -0.119. The molecule has 0 heterocycles. The van der Waals surface area contributed by atoms with Crippen molar-refractivity contribution in [3.63, 3.8) is 0 Å². The summed E-state index contributed by atoms with van der Waals surface area (Å²) >= 11 is 3.32. The minimum atomic E-state index is -0.541. The van der Waals surface area contributed by atoms with E-state index in [4.69, 9.17) is 9.47 Å². The quantitative estimate of drug-likeness (QED) is 0.701. The molecule has 0 saturated carbocycles. The van der Waals surface area contributed by atoms with Crippen molar-refractivity contribution in [1.82, 2.24) is 0 Å². The number of halogens is 1. The third-order valence-electron chi connectivity index (χ3n) is 3.22. The number of ether oxygens (including phenoxy) is 2. The van der Waals surface area contributed by atoms with Gasteiger partial charge >= 0.3 is 5.97 Å². The number of carbonyl (C=O) groups excluding carboxylic acids is 2. The molecule has 0 bridgehead atoms. The van der Waals surface area contributed by atoms with Crippen LogP contribution in [-0.2, 0) is 20.9 Å². The first kappa shape index (κ1) is 19.1. The number of esters is 1. The molecule has 0 unspecified atom stereocenters. The van der Waals surface area contributed by atoms with Crippen LogP contribution in [0.1, 0.15) is 29.8 Å². The molecule has 132 valence electrons. The average molecular weight is 406 g/mol. The van der Waals surface area contributed by atoms with Gasteiger partial charge < -0.3 is 14.8 Å². The number of amides is 1. The highest BCUT2D eigenvalue weighted by Gasteiger charge is 2.10. The molecule has 6 heteroatoms. The van der Waals surface area contributed by atoms with Gasteiger partial charge in [0.25, 0.3) is 5.91 Å². The predicted octanol–water partition coefficient (Wildman–Crippen LogP) is 4.17. The molecule has 0 aliphatic heterocycles. The summed E-state index contributed by atoms with van der Waals surface area (Å²) in [6.45, 7) is 4.07. The lowest BCUT2D eigenvalue weighted by Crippen LogP contribution is -2.20. The van der Waals surface area contributed by atoms with Crippen LogP contribution in [0.25, 0.3) is 0 Å². The molecule has 0 saturated heterocycles. The van der Waals surface area contributed by atoms with Crippen molar-refractivity contribution in [2.75, 3.05) is 11.9 Å². The van der Waals surface area contributed by atoms with Gasteiger partial charge in [-0.2, -0.15) is 0 Å². The molecule has 2 rings (SSSR count). The topological polar surface area (TPSA) is 64.6 Å². The Morgan fingerprint density at radius 2 is 1.84 bits per heavy atom. The maximum Gasteiger partial charge on any atom is 0.338 e. The molecule has 2 aromatic rings. The van der Waals surface area contributed by atoms with Crippen LogP contribution < -0.4 is 5.32 Å². The standard InChI is InChI=1S/C19H20BrNO4/c1-13(2)24-11-14-6-8-15(9-7-14)19(23)25-12-18(22)21-17-5-3-4-16(20)10-17/h3-10,13H,11-12H2,1-2H3,(H,21,22). The summed E-state index contributed by atoms with van der Waals surface area (Å²) in [5.74, 6) is -0.936. The van der Waals surface area contributed by atoms with Gasteiger partial charge in [0.2, 0.25) is 0 Å². The maximum atomic E-state index is 12.0. The number of carbonyl (C=O) groups is 2. The van der Waals surface area contributed by atoms with Crippen molar-refractivity contribution in [2.24, 2.45) is 0 Å². The SMILES string of the molecule is CC(C)OCc1ccc(C(=O)OCC(=O)Nc2cccc(Br)c2)cc1. The summed E-state index contributed by atoms with van der Waals surface area (Å²) < 4.78 is 11.4. The Morgan fingerprint density at radius 3 is 2.48 bits per heavy atom. The lowest BCUT2D eigenvalue weighted by Gasteiger charge is -2.09. The summed E-state index contributed by atoms with van der Waals surface area (Å²) in [5.41, 5.74) is 1.99. The van der Waals surface area contributed by atoms with Gasteiger partial charge in [0, 0.05) is 10.2 Å². The Balaban J connectivity index is 1.82. The van der Waals surface area contributed by atoms with Gasteiger partial charge in [-0.05, 0) is 49.7 Å². The molecule has 0 aliphatic rings. The molecule has 0 aliphatic carbocycles. The van der Waals surface area contributed by atoms with Crippen molar-refractivity contribution in [3.05, 3.63) is 64.1 Å². The molecule has 5 nitrogen and oxygen atoms in total. The van der Waals surface area contributed by atoms with Gasteiger partial charge in [-0.3, -0.25) is 4.79 Å². The Labute approximate surface area is 155 Å². The molecule has 1 amide bonds. The van der Waals surface area contributed by atoms with Crippen LogP contribution in [0, 0.1) is 0 Å². The second-order valence-corrected chi connectivity index (χ2v) is 6.61. The summed E-state index contributed by atoms with van der Waals surface area (Å²) in [6.07, 6.45) is 0.147. The predicted molar refractivity (Wildman–Crippen MR) is 99.4 cm³/mol. The van der Waals surface area contributed by atoms with Gasteiger partial charge in [0.1, 0.15) is 0 Å². The third-order valence-corrected chi connectivity index (χ3v) is 3.71. The molecule has 0 aromatic heterocycles. The number of rotatable bonds is 7. The normalized spacial score (nSPS) is 10.6. The summed E-state index contributed by atoms with van der Waals surface area (Å²) in [4.78, 5) is 23.8. The van der Waals surface area contributed by atoms with Crippen molar-refractivity contribution in [1.29, 1.82) is 0 Å². The van der Waals surface area contributed by atoms with E-state index < -0.39 is 11.9 Å². The highest BCUT2D eigenvalue weighted by molar-refractivity contribution is 9.10. The maximum absolute atomic E-state index is 12.0. The van der Waals surface area contributed by atoms with Crippen molar-refractivity contribution in [2.45, 2.75) is 26.6 Å². The van der Waals surface area contributed by atoms with E-state index >= 15 is 0 Å². The van der Waals surface area contributed by atoms with Crippen molar-refractivity contribution >= 4 is 33.5 Å². The molecular weight excluding hydrogens is 386 g/mol. The van der Waals surface area contributed by atoms with E-state index in [9.17, 15) is 9.59 Å². The number of benzene rings is 2. The number of hydrogen-bond acceptors (Lipinski definition) is 4. The largest absolute Gasteiger partial charge is 0.452 e. The smallest absolute Gasteiger partial charge is 0.338 e. The third kappa shape index (κ3) is 6.68. The van der Waals surface area contributed by atoms with E-state index in [1.54, 1.807) is 42.5 Å². The number of hydrogen-bond donors (Lipinski definition) is 1. The van der Waals surface area contributed by atoms with Crippen LogP contribution in [0.2, 0.25) is 0 Å². The number of anilines is 1. The fraction of sp³-hybridized carbons (Fsp3) is 0.263. The summed E-state index contributed by atoms with van der Waals surface area (Å²) in [5, 5.41) is 2.66. The molecule has 0 radical (unpaired) electrons. The highest BCUT2D eigenvalue weighted by atomic mass is 79.9. The second-order valence-electron chi connectivity index (χ2n) is 5.69. The fourth-order valence-corrected chi connectivity index (χ4v) is 2.38. The van der Waals surface area contributed by atoms with Crippen LogP contribution in [0.5, 0.6) is 0 Å². The summed E-state index contributed by atoms with van der Waals surface area (Å²) in [6, 6.07) is 14.1. The van der Waals surface area contributed by atoms with E-state index in [2.05, 4.69) is 21.2 Å². The first-order valence-electron chi connectivity index (χ1n) is 7.87. The summed E-state index contributed by atoms with van der Waals surface area (Å²) in [7, 11) is 0. The van der Waals surface area contributed by atoms with E-state index in [1.807, 2.05) is 19.9 Å². The van der Waals surface area contributed by atoms with Crippen LogP contribution in [0.4, 0.5) is 5.69 Å². The first-order chi connectivity index (χ1) is 11.9. The average Bonchev–Trinajstić information content (AvgIpc) is 2.58. The van der Waals surface area contributed by atoms with Crippen LogP contribution in [0.3, 0.4) is 0 Å². The van der Waals surface area contributed by atoms with Crippen molar-refractivity contribution < 1.29 is 19.1 Å². The van der Waals surface area contributed by atoms with Gasteiger partial charge in [0.05, 0.1) is 18.3 Å². The first-order valence-corrected chi connectivity index (χ1v) is 8.66. The number of nitrogens with one attached hydrogen (secondary N) is 1. The Morgan fingerprint density at radius 1 is 1.12 bits per heavy atom. The van der Waals surface area contributed by atoms with Gasteiger partial charge in [-0.15, -0.1) is 0 Å². The minimum Gasteiger partial charge on any atom is -0.452 e. The van der Waals surface area contributed by atoms with Gasteiger partial charge in [-0.25, -0.2) is 4.79 Å². The molecule has 1 N–H and O–H groups in total. The van der Waals surface area contributed by atoms with Gasteiger partial charge in [-0.1, -0.05) is 34.1 Å². The zero-order valence-corrected chi connectivity index (χ0v) is 15.7. The van der Waals surface area contributed by atoms with Gasteiger partial charge in [0.15, 0.2) is 6.61 Å². The van der Waals surface area contributed by atoms with E-state index in [0.717, 1.165) is 10.0 Å². The lowest BCUT2D eigenvalue weighted by atomic mass is 10.1. The Kier molecular flexibility index (Phi) is 7.16. The van der Waals surface area contributed by atoms with Crippen LogP contribution >= 0.6 is 15.9 Å². The van der Waals surface area contributed by atoms with Crippen LogP contribution in [-0.4, -0.2) is 24.6 Å².